The molecule has 0 atom stereocenters. The average molecular weight is 461 g/mol. The smallest absolute Gasteiger partial charge is 0.302 e. The van der Waals surface area contributed by atoms with Crippen LogP contribution in [0.5, 0.6) is 0 Å². The molecule has 1 N–H and O–H groups in total. The summed E-state index contributed by atoms with van der Waals surface area (Å²) in [6, 6.07) is 0. The molecular formula is C23H48O5Si2. The number of allylic oxidation sites excluding steroid dienone is 1. The van der Waals surface area contributed by atoms with Gasteiger partial charge in [-0.2, -0.15) is 0 Å². The van der Waals surface area contributed by atoms with E-state index in [9.17, 15) is 9.90 Å². The molecule has 0 aliphatic carbocycles. The quantitative estimate of drug-likeness (QED) is 0.166. The van der Waals surface area contributed by atoms with Gasteiger partial charge in [0.25, 0.3) is 0 Å². The first-order valence-corrected chi connectivity index (χ1v) is 17.0. The van der Waals surface area contributed by atoms with Crippen LogP contribution in [0.3, 0.4) is 0 Å². The molecular weight excluding hydrogens is 412 g/mol. The van der Waals surface area contributed by atoms with Gasteiger partial charge in [-0.3, -0.25) is 4.79 Å². The summed E-state index contributed by atoms with van der Waals surface area (Å²) >= 11 is 0. The number of rotatable bonds is 12. The van der Waals surface area contributed by atoms with Crippen molar-refractivity contribution in [3.63, 3.8) is 0 Å². The van der Waals surface area contributed by atoms with Crippen molar-refractivity contribution in [2.75, 3.05) is 19.8 Å². The molecule has 7 heteroatoms. The number of carbonyl (C=O) groups excluding carboxylic acids is 1. The third-order valence-electron chi connectivity index (χ3n) is 6.48. The molecule has 5 nitrogen and oxygen atoms in total. The van der Waals surface area contributed by atoms with E-state index in [1.807, 2.05) is 12.2 Å². The summed E-state index contributed by atoms with van der Waals surface area (Å²) in [6.45, 7) is 24.3. The molecule has 0 aliphatic rings. The van der Waals surface area contributed by atoms with E-state index in [4.69, 9.17) is 13.6 Å². The van der Waals surface area contributed by atoms with E-state index in [0.29, 0.717) is 6.61 Å². The summed E-state index contributed by atoms with van der Waals surface area (Å²) in [4.78, 5) is 10.8. The molecule has 0 aliphatic heterocycles. The number of carbonyl (C=O) groups is 1. The topological polar surface area (TPSA) is 65.0 Å². The lowest BCUT2D eigenvalue weighted by Crippen LogP contribution is -2.50. The first-order chi connectivity index (χ1) is 13.3. The largest absolute Gasteiger partial charge is 0.466 e. The third-order valence-corrected chi connectivity index (χ3v) is 15.4. The van der Waals surface area contributed by atoms with Crippen molar-refractivity contribution in [2.24, 2.45) is 0 Å². The van der Waals surface area contributed by atoms with Crippen LogP contribution < -0.4 is 0 Å². The molecule has 0 rings (SSSR count). The molecule has 0 fully saturated rings. The van der Waals surface area contributed by atoms with E-state index in [0.717, 1.165) is 19.3 Å². The van der Waals surface area contributed by atoms with E-state index >= 15 is 0 Å². The molecule has 0 aromatic carbocycles. The predicted molar refractivity (Wildman–Crippen MR) is 131 cm³/mol. The molecule has 178 valence electrons. The van der Waals surface area contributed by atoms with Gasteiger partial charge < -0.3 is 18.7 Å². The van der Waals surface area contributed by atoms with Crippen LogP contribution in [0.2, 0.25) is 36.3 Å². The zero-order chi connectivity index (χ0) is 23.9. The minimum atomic E-state index is -1.99. The van der Waals surface area contributed by atoms with Crippen molar-refractivity contribution in [1.82, 2.24) is 0 Å². The molecule has 0 spiro atoms. The van der Waals surface area contributed by atoms with Gasteiger partial charge in [-0.1, -0.05) is 53.7 Å². The van der Waals surface area contributed by atoms with Gasteiger partial charge in [0.15, 0.2) is 16.6 Å². The van der Waals surface area contributed by atoms with Gasteiger partial charge in [-0.25, -0.2) is 0 Å². The summed E-state index contributed by atoms with van der Waals surface area (Å²) in [6.07, 6.45) is 6.36. The summed E-state index contributed by atoms with van der Waals surface area (Å²) < 4.78 is 17.7. The van der Waals surface area contributed by atoms with Crippen molar-refractivity contribution in [3.05, 3.63) is 12.2 Å². The number of hydrogen-bond donors (Lipinski definition) is 1. The van der Waals surface area contributed by atoms with Crippen LogP contribution in [0, 0.1) is 0 Å². The average Bonchev–Trinajstić information content (AvgIpc) is 2.55. The van der Waals surface area contributed by atoms with Crippen LogP contribution in [0.25, 0.3) is 0 Å². The van der Waals surface area contributed by atoms with E-state index in [1.165, 1.54) is 6.92 Å². The fourth-order valence-corrected chi connectivity index (χ4v) is 4.15. The molecule has 0 unspecified atom stereocenters. The standard InChI is InChI=1S/C23H48O5Si2/c1-20(24)26-17-15-13-12-14-16-23(25,18-27-29(8,9)21(2,3)4)19-28-30(10,11)22(5,6)7/h14,16,25H,12-13,15,17-19H2,1-11H3/b16-14+. The van der Waals surface area contributed by atoms with Crippen LogP contribution in [0.15, 0.2) is 12.2 Å². The van der Waals surface area contributed by atoms with E-state index in [2.05, 4.69) is 67.7 Å². The first kappa shape index (κ1) is 29.5. The minimum Gasteiger partial charge on any atom is -0.466 e. The molecule has 0 saturated carbocycles. The van der Waals surface area contributed by atoms with Crippen LogP contribution in [-0.2, 0) is 18.4 Å². The summed E-state index contributed by atoms with van der Waals surface area (Å²) in [5.74, 6) is -0.245. The Bertz CT molecular complexity index is 527. The van der Waals surface area contributed by atoms with Crippen LogP contribution in [0.4, 0.5) is 0 Å². The Morgan fingerprint density at radius 1 is 0.867 bits per heavy atom. The van der Waals surface area contributed by atoms with Crippen molar-refractivity contribution in [2.45, 2.75) is 110 Å². The highest BCUT2D eigenvalue weighted by Gasteiger charge is 2.42. The molecule has 0 bridgehead atoms. The predicted octanol–water partition coefficient (Wildman–Crippen LogP) is 6.05. The Kier molecular flexibility index (Phi) is 11.2. The van der Waals surface area contributed by atoms with Gasteiger partial charge in [-0.05, 0) is 55.5 Å². The molecule has 30 heavy (non-hydrogen) atoms. The maximum absolute atomic E-state index is 11.4. The van der Waals surface area contributed by atoms with Crippen molar-refractivity contribution in [3.8, 4) is 0 Å². The molecule has 0 aromatic rings. The lowest BCUT2D eigenvalue weighted by Gasteiger charge is -2.41. The van der Waals surface area contributed by atoms with Gasteiger partial charge in [0.2, 0.25) is 0 Å². The highest BCUT2D eigenvalue weighted by molar-refractivity contribution is 6.74. The van der Waals surface area contributed by atoms with Crippen molar-refractivity contribution >= 4 is 22.6 Å². The Labute approximate surface area is 187 Å². The number of ether oxygens (including phenoxy) is 1. The van der Waals surface area contributed by atoms with Gasteiger partial charge in [0.05, 0.1) is 19.8 Å². The second kappa shape index (κ2) is 11.4. The van der Waals surface area contributed by atoms with Gasteiger partial charge >= 0.3 is 5.97 Å². The Balaban J connectivity index is 5.11. The van der Waals surface area contributed by atoms with Gasteiger partial charge in [0.1, 0.15) is 5.60 Å². The highest BCUT2D eigenvalue weighted by Crippen LogP contribution is 2.39. The zero-order valence-electron chi connectivity index (χ0n) is 21.5. The van der Waals surface area contributed by atoms with Crippen molar-refractivity contribution in [1.29, 1.82) is 0 Å². The highest BCUT2D eigenvalue weighted by atomic mass is 28.4. The normalized spacial score (nSPS) is 14.4. The van der Waals surface area contributed by atoms with Crippen LogP contribution in [-0.4, -0.2) is 53.1 Å². The summed E-state index contributed by atoms with van der Waals surface area (Å²) in [5.41, 5.74) is -1.15. The minimum absolute atomic E-state index is 0.0780. The molecule has 0 amide bonds. The first-order valence-electron chi connectivity index (χ1n) is 11.1. The van der Waals surface area contributed by atoms with Crippen molar-refractivity contribution < 1.29 is 23.5 Å². The Morgan fingerprint density at radius 3 is 1.67 bits per heavy atom. The number of hydrogen-bond acceptors (Lipinski definition) is 5. The monoisotopic (exact) mass is 460 g/mol. The maximum atomic E-state index is 11.4. The number of esters is 1. The Morgan fingerprint density at radius 2 is 1.30 bits per heavy atom. The SMILES string of the molecule is CC(=O)OCCCC/C=C/C(O)(CO[Si](C)(C)C(C)(C)C)CO[Si](C)(C)C(C)(C)C. The third kappa shape index (κ3) is 10.7. The van der Waals surface area contributed by atoms with Gasteiger partial charge in [0, 0.05) is 6.92 Å². The second-order valence-corrected chi connectivity index (χ2v) is 21.1. The summed E-state index contributed by atoms with van der Waals surface area (Å²) in [5, 5.41) is 11.5. The fraction of sp³-hybridized carbons (Fsp3) is 0.870. The zero-order valence-corrected chi connectivity index (χ0v) is 23.5. The van der Waals surface area contributed by atoms with E-state index < -0.39 is 22.2 Å². The molecule has 0 saturated heterocycles. The van der Waals surface area contributed by atoms with Gasteiger partial charge in [-0.15, -0.1) is 0 Å². The second-order valence-electron chi connectivity index (χ2n) is 11.4. The molecule has 0 aromatic heterocycles. The van der Waals surface area contributed by atoms with Crippen LogP contribution >= 0.6 is 0 Å². The lowest BCUT2D eigenvalue weighted by molar-refractivity contribution is -0.141. The van der Waals surface area contributed by atoms with E-state index in [1.54, 1.807) is 0 Å². The Hall–Kier alpha value is -0.476. The van der Waals surface area contributed by atoms with E-state index in [-0.39, 0.29) is 29.3 Å². The lowest BCUT2D eigenvalue weighted by atomic mass is 10.1. The number of unbranched alkanes of at least 4 members (excludes halogenated alkanes) is 2. The van der Waals surface area contributed by atoms with Crippen LogP contribution in [0.1, 0.15) is 67.7 Å². The molecule has 0 radical (unpaired) electrons. The molecule has 0 heterocycles. The summed E-state index contributed by atoms with van der Waals surface area (Å²) in [7, 11) is -3.98. The number of aliphatic hydroxyl groups is 1. The fourth-order valence-electron chi connectivity index (χ4n) is 2.06. The maximum Gasteiger partial charge on any atom is 0.302 e.